The number of methoxy groups -OCH3 is 1. The third kappa shape index (κ3) is 1.28. The molecule has 2 bridgehead atoms. The van der Waals surface area contributed by atoms with Crippen molar-refractivity contribution in [1.29, 1.82) is 0 Å². The third-order valence-corrected chi connectivity index (χ3v) is 4.08. The summed E-state index contributed by atoms with van der Waals surface area (Å²) >= 11 is 0. The molecule has 1 saturated carbocycles. The number of carbonyl (C=O) groups is 3. The van der Waals surface area contributed by atoms with Crippen LogP contribution in [0.25, 0.3) is 0 Å². The van der Waals surface area contributed by atoms with Gasteiger partial charge >= 0.3 is 5.97 Å². The number of rotatable bonds is 2. The van der Waals surface area contributed by atoms with Crippen LogP contribution in [0.2, 0.25) is 0 Å². The van der Waals surface area contributed by atoms with Gasteiger partial charge in [-0.25, -0.2) is 0 Å². The van der Waals surface area contributed by atoms with Gasteiger partial charge in [-0.1, -0.05) is 12.2 Å². The van der Waals surface area contributed by atoms with Crippen LogP contribution in [0.5, 0.6) is 0 Å². The molecule has 4 atom stereocenters. The lowest BCUT2D eigenvalue weighted by molar-refractivity contribution is -0.151. The molecular weight excluding hydrogens is 222 g/mol. The monoisotopic (exact) mass is 235 g/mol. The van der Waals surface area contributed by atoms with Crippen molar-refractivity contribution in [3.63, 3.8) is 0 Å². The number of nitrogens with zero attached hydrogens (tertiary/aromatic N) is 1. The quantitative estimate of drug-likeness (QED) is 0.383. The first kappa shape index (κ1) is 10.5. The number of allylic oxidation sites excluding steroid dienone is 2. The number of likely N-dealkylation sites (tertiary alicyclic amines) is 1. The second kappa shape index (κ2) is 3.42. The number of imide groups is 1. The van der Waals surface area contributed by atoms with Crippen molar-refractivity contribution in [2.75, 3.05) is 13.7 Å². The van der Waals surface area contributed by atoms with Crippen molar-refractivity contribution in [1.82, 2.24) is 4.90 Å². The van der Waals surface area contributed by atoms with Crippen molar-refractivity contribution in [2.45, 2.75) is 6.42 Å². The summed E-state index contributed by atoms with van der Waals surface area (Å²) in [5, 5.41) is 0. The standard InChI is InChI=1S/C12H13NO4/c1-17-8(14)5-13-11(15)9-6-2-3-7(4-6)10(9)12(13)16/h2-3,6-7,9-10H,4-5H2,1H3/t6-,7+,9+,10-. The Bertz CT molecular complexity index is 412. The lowest BCUT2D eigenvalue weighted by Gasteiger charge is -2.15. The van der Waals surface area contributed by atoms with Crippen LogP contribution in [0.1, 0.15) is 6.42 Å². The molecule has 0 N–H and O–H groups in total. The average molecular weight is 235 g/mol. The van der Waals surface area contributed by atoms with E-state index in [1.54, 1.807) is 0 Å². The maximum Gasteiger partial charge on any atom is 0.325 e. The van der Waals surface area contributed by atoms with Crippen LogP contribution in [0, 0.1) is 23.7 Å². The molecule has 1 heterocycles. The fraction of sp³-hybridized carbons (Fsp3) is 0.583. The maximum absolute atomic E-state index is 12.1. The van der Waals surface area contributed by atoms with Gasteiger partial charge in [-0.3, -0.25) is 19.3 Å². The number of ether oxygens (including phenoxy) is 1. The Hall–Kier alpha value is -1.65. The summed E-state index contributed by atoms with van der Waals surface area (Å²) in [7, 11) is 1.25. The first-order valence-corrected chi connectivity index (χ1v) is 5.74. The highest BCUT2D eigenvalue weighted by Gasteiger charge is 2.59. The van der Waals surface area contributed by atoms with Crippen LogP contribution in [-0.4, -0.2) is 36.3 Å². The predicted octanol–water partition coefficient (Wildman–Crippen LogP) is -0.0335. The third-order valence-electron chi connectivity index (χ3n) is 4.08. The molecule has 0 aromatic rings. The number of hydrogen-bond acceptors (Lipinski definition) is 4. The molecule has 1 saturated heterocycles. The average Bonchev–Trinajstić information content (AvgIpc) is 2.98. The van der Waals surface area contributed by atoms with Gasteiger partial charge in [-0.2, -0.15) is 0 Å². The van der Waals surface area contributed by atoms with Crippen molar-refractivity contribution >= 4 is 17.8 Å². The Kier molecular flexibility index (Phi) is 2.11. The minimum atomic E-state index is -0.549. The molecule has 0 unspecified atom stereocenters. The predicted molar refractivity (Wildman–Crippen MR) is 56.5 cm³/mol. The van der Waals surface area contributed by atoms with Gasteiger partial charge < -0.3 is 4.74 Å². The number of fused-ring (bicyclic) bond motifs is 5. The molecule has 2 fully saturated rings. The number of amides is 2. The van der Waals surface area contributed by atoms with E-state index in [2.05, 4.69) is 4.74 Å². The molecular formula is C12H13NO4. The highest BCUT2D eigenvalue weighted by molar-refractivity contribution is 6.08. The summed E-state index contributed by atoms with van der Waals surface area (Å²) in [6.45, 7) is -0.249. The van der Waals surface area contributed by atoms with Gasteiger partial charge in [0.15, 0.2) is 0 Å². The van der Waals surface area contributed by atoms with E-state index in [-0.39, 0.29) is 42.0 Å². The molecule has 0 aromatic carbocycles. The van der Waals surface area contributed by atoms with Gasteiger partial charge in [0.05, 0.1) is 18.9 Å². The largest absolute Gasteiger partial charge is 0.468 e. The number of carbonyl (C=O) groups excluding carboxylic acids is 3. The van der Waals surface area contributed by atoms with Gasteiger partial charge in [0.25, 0.3) is 0 Å². The Morgan fingerprint density at radius 2 is 1.82 bits per heavy atom. The maximum atomic E-state index is 12.1. The van der Waals surface area contributed by atoms with Gasteiger partial charge in [-0.15, -0.1) is 0 Å². The van der Waals surface area contributed by atoms with Crippen molar-refractivity contribution in [3.8, 4) is 0 Å². The Morgan fingerprint density at radius 3 is 2.29 bits per heavy atom. The summed E-state index contributed by atoms with van der Waals surface area (Å²) in [6, 6.07) is 0. The molecule has 2 aliphatic carbocycles. The minimum Gasteiger partial charge on any atom is -0.468 e. The van der Waals surface area contributed by atoms with Crippen LogP contribution < -0.4 is 0 Å². The molecule has 2 amide bonds. The Balaban J connectivity index is 1.85. The fourth-order valence-electron chi connectivity index (χ4n) is 3.31. The van der Waals surface area contributed by atoms with E-state index >= 15 is 0 Å². The van der Waals surface area contributed by atoms with Crippen molar-refractivity contribution in [3.05, 3.63) is 12.2 Å². The summed E-state index contributed by atoms with van der Waals surface area (Å²) in [5.74, 6) is -1.06. The van der Waals surface area contributed by atoms with Gasteiger partial charge in [0.2, 0.25) is 11.8 Å². The first-order valence-electron chi connectivity index (χ1n) is 5.74. The smallest absolute Gasteiger partial charge is 0.325 e. The summed E-state index contributed by atoms with van der Waals surface area (Å²) in [6.07, 6.45) is 4.95. The van der Waals surface area contributed by atoms with E-state index in [4.69, 9.17) is 0 Å². The van der Waals surface area contributed by atoms with E-state index < -0.39 is 5.97 Å². The molecule has 3 aliphatic rings. The molecule has 0 spiro atoms. The van der Waals surface area contributed by atoms with E-state index in [1.165, 1.54) is 7.11 Å². The van der Waals surface area contributed by atoms with E-state index in [9.17, 15) is 14.4 Å². The topological polar surface area (TPSA) is 63.7 Å². The molecule has 3 rings (SSSR count). The molecule has 0 aromatic heterocycles. The molecule has 90 valence electrons. The zero-order valence-corrected chi connectivity index (χ0v) is 9.46. The number of esters is 1. The lowest BCUT2D eigenvalue weighted by atomic mass is 9.85. The first-order chi connectivity index (χ1) is 8.13. The van der Waals surface area contributed by atoms with Crippen LogP contribution in [0.4, 0.5) is 0 Å². The molecule has 5 heteroatoms. The second-order valence-corrected chi connectivity index (χ2v) is 4.84. The summed E-state index contributed by atoms with van der Waals surface area (Å²) < 4.78 is 4.50. The van der Waals surface area contributed by atoms with E-state index in [0.717, 1.165) is 11.3 Å². The van der Waals surface area contributed by atoms with Crippen LogP contribution in [0.3, 0.4) is 0 Å². The summed E-state index contributed by atoms with van der Waals surface area (Å²) in [4.78, 5) is 36.4. The van der Waals surface area contributed by atoms with Gasteiger partial charge in [0.1, 0.15) is 6.54 Å². The Morgan fingerprint density at radius 1 is 1.29 bits per heavy atom. The zero-order chi connectivity index (χ0) is 12.2. The minimum absolute atomic E-state index is 0.184. The van der Waals surface area contributed by atoms with Crippen LogP contribution >= 0.6 is 0 Å². The molecule has 17 heavy (non-hydrogen) atoms. The fourth-order valence-corrected chi connectivity index (χ4v) is 3.31. The molecule has 1 aliphatic heterocycles. The molecule has 0 radical (unpaired) electrons. The highest BCUT2D eigenvalue weighted by atomic mass is 16.5. The lowest BCUT2D eigenvalue weighted by Crippen LogP contribution is -2.37. The van der Waals surface area contributed by atoms with Crippen LogP contribution in [0.15, 0.2) is 12.2 Å². The zero-order valence-electron chi connectivity index (χ0n) is 9.46. The van der Waals surface area contributed by atoms with Gasteiger partial charge in [-0.05, 0) is 18.3 Å². The normalized spacial score (nSPS) is 37.8. The number of hydrogen-bond donors (Lipinski definition) is 0. The second-order valence-electron chi connectivity index (χ2n) is 4.84. The van der Waals surface area contributed by atoms with E-state index in [1.807, 2.05) is 12.2 Å². The Labute approximate surface area is 98.4 Å². The van der Waals surface area contributed by atoms with E-state index in [0.29, 0.717) is 0 Å². The molecule has 5 nitrogen and oxygen atoms in total. The summed E-state index contributed by atoms with van der Waals surface area (Å²) in [5.41, 5.74) is 0. The van der Waals surface area contributed by atoms with Crippen molar-refractivity contribution in [2.24, 2.45) is 23.7 Å². The van der Waals surface area contributed by atoms with Gasteiger partial charge in [0, 0.05) is 0 Å². The SMILES string of the molecule is COC(=O)CN1C(=O)[C@@H]2[C@H](C1=O)[C@H]1C=C[C@@H]2C1. The van der Waals surface area contributed by atoms with Crippen LogP contribution in [-0.2, 0) is 19.1 Å². The van der Waals surface area contributed by atoms with Crippen molar-refractivity contribution < 1.29 is 19.1 Å². The highest BCUT2D eigenvalue weighted by Crippen LogP contribution is 2.52.